The van der Waals surface area contributed by atoms with E-state index in [-0.39, 0.29) is 5.69 Å². The van der Waals surface area contributed by atoms with Crippen LogP contribution in [-0.2, 0) is 0 Å². The zero-order valence-corrected chi connectivity index (χ0v) is 7.68. The summed E-state index contributed by atoms with van der Waals surface area (Å²) in [6, 6.07) is 11.8. The Hall–Kier alpha value is -1.71. The van der Waals surface area contributed by atoms with E-state index in [4.69, 9.17) is 0 Å². The molecule has 0 saturated heterocycles. The lowest BCUT2D eigenvalue weighted by Crippen LogP contribution is -2.20. The van der Waals surface area contributed by atoms with Crippen LogP contribution in [0.4, 0.5) is 18.9 Å². The maximum atomic E-state index is 12.0. The summed E-state index contributed by atoms with van der Waals surface area (Å²) in [7, 11) is 0. The fourth-order valence-electron chi connectivity index (χ4n) is 1.43. The van der Waals surface area contributed by atoms with Gasteiger partial charge >= 0.3 is 6.30 Å². The fourth-order valence-corrected chi connectivity index (χ4v) is 1.43. The van der Waals surface area contributed by atoms with Crippen molar-refractivity contribution in [3.63, 3.8) is 0 Å². The van der Waals surface area contributed by atoms with E-state index in [1.807, 2.05) is 12.1 Å². The standard InChI is InChI=1S/C11H8F3N/c12-11(13,14)15-10-6-5-8-3-1-2-4-9(8)7-10/h1-7,15H. The molecule has 0 spiro atoms. The van der Waals surface area contributed by atoms with Gasteiger partial charge in [0.25, 0.3) is 0 Å². The minimum atomic E-state index is -4.39. The number of benzene rings is 2. The molecule has 2 aromatic carbocycles. The van der Waals surface area contributed by atoms with Gasteiger partial charge in [-0.1, -0.05) is 30.3 Å². The van der Waals surface area contributed by atoms with E-state index < -0.39 is 6.30 Å². The molecule has 1 nitrogen and oxygen atoms in total. The van der Waals surface area contributed by atoms with Gasteiger partial charge in [0.2, 0.25) is 0 Å². The summed E-state index contributed by atoms with van der Waals surface area (Å²) in [5, 5.41) is 3.18. The Balaban J connectivity index is 2.39. The van der Waals surface area contributed by atoms with Crippen LogP contribution < -0.4 is 5.32 Å². The third-order valence-corrected chi connectivity index (χ3v) is 2.04. The lowest BCUT2D eigenvalue weighted by Gasteiger charge is -2.10. The predicted octanol–water partition coefficient (Wildman–Crippen LogP) is 3.77. The van der Waals surface area contributed by atoms with Crippen molar-refractivity contribution in [2.24, 2.45) is 0 Å². The van der Waals surface area contributed by atoms with Crippen LogP contribution in [-0.4, -0.2) is 6.30 Å². The summed E-state index contributed by atoms with van der Waals surface area (Å²) in [4.78, 5) is 0. The van der Waals surface area contributed by atoms with Gasteiger partial charge in [-0.2, -0.15) is 13.2 Å². The Bertz CT molecular complexity index is 476. The van der Waals surface area contributed by atoms with E-state index in [1.165, 1.54) is 17.4 Å². The van der Waals surface area contributed by atoms with Crippen LogP contribution in [0.5, 0.6) is 0 Å². The monoisotopic (exact) mass is 211 g/mol. The first-order valence-electron chi connectivity index (χ1n) is 4.38. The smallest absolute Gasteiger partial charge is 0.297 e. The van der Waals surface area contributed by atoms with Crippen molar-refractivity contribution in [1.29, 1.82) is 0 Å². The molecule has 1 N–H and O–H groups in total. The van der Waals surface area contributed by atoms with Crippen LogP contribution in [0.15, 0.2) is 42.5 Å². The summed E-state index contributed by atoms with van der Waals surface area (Å²) >= 11 is 0. The van der Waals surface area contributed by atoms with E-state index >= 15 is 0 Å². The molecule has 0 bridgehead atoms. The van der Waals surface area contributed by atoms with E-state index in [1.54, 1.807) is 18.2 Å². The number of hydrogen-bond acceptors (Lipinski definition) is 1. The zero-order valence-electron chi connectivity index (χ0n) is 7.68. The van der Waals surface area contributed by atoms with Crippen LogP contribution in [0, 0.1) is 0 Å². The maximum absolute atomic E-state index is 12.0. The van der Waals surface area contributed by atoms with Crippen molar-refractivity contribution >= 4 is 16.5 Å². The average molecular weight is 211 g/mol. The predicted molar refractivity (Wildman–Crippen MR) is 53.6 cm³/mol. The Labute approximate surface area is 84.5 Å². The van der Waals surface area contributed by atoms with E-state index in [0.29, 0.717) is 0 Å². The largest absolute Gasteiger partial charge is 0.482 e. The molecule has 0 aromatic heterocycles. The summed E-state index contributed by atoms with van der Waals surface area (Å²) in [5.41, 5.74) is 0.0567. The molecule has 2 rings (SSSR count). The van der Waals surface area contributed by atoms with E-state index in [9.17, 15) is 13.2 Å². The number of halogens is 3. The van der Waals surface area contributed by atoms with Crippen LogP contribution in [0.2, 0.25) is 0 Å². The normalized spacial score (nSPS) is 11.7. The Morgan fingerprint density at radius 2 is 1.53 bits per heavy atom. The number of alkyl halides is 3. The van der Waals surface area contributed by atoms with Crippen molar-refractivity contribution < 1.29 is 13.2 Å². The van der Waals surface area contributed by atoms with Crippen LogP contribution in [0.3, 0.4) is 0 Å². The Kier molecular flexibility index (Phi) is 2.26. The van der Waals surface area contributed by atoms with Crippen LogP contribution in [0.25, 0.3) is 10.8 Å². The van der Waals surface area contributed by atoms with Gasteiger partial charge in [0, 0.05) is 5.69 Å². The summed E-state index contributed by atoms with van der Waals surface area (Å²) in [6.45, 7) is 0. The van der Waals surface area contributed by atoms with Crippen molar-refractivity contribution in [3.8, 4) is 0 Å². The summed E-state index contributed by atoms with van der Waals surface area (Å²) < 4.78 is 36.1. The van der Waals surface area contributed by atoms with Crippen LogP contribution >= 0.6 is 0 Å². The quantitative estimate of drug-likeness (QED) is 0.708. The van der Waals surface area contributed by atoms with Gasteiger partial charge in [0.1, 0.15) is 0 Å². The lowest BCUT2D eigenvalue weighted by molar-refractivity contribution is -0.0999. The molecule has 4 heteroatoms. The number of hydrogen-bond donors (Lipinski definition) is 1. The summed E-state index contributed by atoms with van der Waals surface area (Å²) in [6.07, 6.45) is -4.39. The first kappa shape index (κ1) is 9.83. The lowest BCUT2D eigenvalue weighted by atomic mass is 10.1. The molecular formula is C11H8F3N. The minimum absolute atomic E-state index is 0.0567. The second-order valence-electron chi connectivity index (χ2n) is 3.18. The molecule has 0 unspecified atom stereocenters. The number of anilines is 1. The fraction of sp³-hybridized carbons (Fsp3) is 0.0909. The topological polar surface area (TPSA) is 12.0 Å². The van der Waals surface area contributed by atoms with Gasteiger partial charge in [0.05, 0.1) is 0 Å². The molecule has 15 heavy (non-hydrogen) atoms. The highest BCUT2D eigenvalue weighted by atomic mass is 19.4. The summed E-state index contributed by atoms with van der Waals surface area (Å²) in [5.74, 6) is 0. The second-order valence-corrected chi connectivity index (χ2v) is 3.18. The third-order valence-electron chi connectivity index (χ3n) is 2.04. The van der Waals surface area contributed by atoms with Crippen molar-refractivity contribution in [2.45, 2.75) is 6.30 Å². The minimum Gasteiger partial charge on any atom is -0.297 e. The van der Waals surface area contributed by atoms with Gasteiger partial charge in [-0.15, -0.1) is 0 Å². The maximum Gasteiger partial charge on any atom is 0.482 e. The molecule has 0 saturated carbocycles. The molecule has 0 atom stereocenters. The average Bonchev–Trinajstić information content (AvgIpc) is 2.15. The van der Waals surface area contributed by atoms with E-state index in [0.717, 1.165) is 10.8 Å². The molecule has 78 valence electrons. The van der Waals surface area contributed by atoms with Gasteiger partial charge in [0.15, 0.2) is 0 Å². The molecule has 2 aromatic rings. The second kappa shape index (κ2) is 3.46. The Morgan fingerprint density at radius 1 is 0.867 bits per heavy atom. The molecule has 0 aliphatic carbocycles. The molecular weight excluding hydrogens is 203 g/mol. The van der Waals surface area contributed by atoms with E-state index in [2.05, 4.69) is 0 Å². The number of fused-ring (bicyclic) bond motifs is 1. The molecule has 0 radical (unpaired) electrons. The van der Waals surface area contributed by atoms with Gasteiger partial charge in [-0.05, 0) is 22.9 Å². The molecule has 0 amide bonds. The third kappa shape index (κ3) is 2.40. The highest BCUT2D eigenvalue weighted by molar-refractivity contribution is 5.85. The number of nitrogens with one attached hydrogen (secondary N) is 1. The van der Waals surface area contributed by atoms with Crippen LogP contribution in [0.1, 0.15) is 0 Å². The van der Waals surface area contributed by atoms with Gasteiger partial charge < -0.3 is 0 Å². The highest BCUT2D eigenvalue weighted by Gasteiger charge is 2.26. The van der Waals surface area contributed by atoms with Gasteiger partial charge in [-0.25, -0.2) is 0 Å². The molecule has 0 fully saturated rings. The molecule has 0 aliphatic heterocycles. The zero-order chi connectivity index (χ0) is 10.9. The Morgan fingerprint density at radius 3 is 2.20 bits per heavy atom. The number of rotatable bonds is 1. The first-order valence-corrected chi connectivity index (χ1v) is 4.38. The first-order chi connectivity index (χ1) is 7.04. The highest BCUT2D eigenvalue weighted by Crippen LogP contribution is 2.23. The van der Waals surface area contributed by atoms with Gasteiger partial charge in [-0.3, -0.25) is 5.32 Å². The molecule has 0 heterocycles. The van der Waals surface area contributed by atoms with Crippen molar-refractivity contribution in [3.05, 3.63) is 42.5 Å². The van der Waals surface area contributed by atoms with Crippen molar-refractivity contribution in [1.82, 2.24) is 0 Å². The SMILES string of the molecule is FC(F)(F)Nc1ccc2ccccc2c1. The van der Waals surface area contributed by atoms with Crippen molar-refractivity contribution in [2.75, 3.05) is 5.32 Å². The molecule has 0 aliphatic rings.